The molecule has 1 N–H and O–H groups in total. The van der Waals surface area contributed by atoms with Gasteiger partial charge in [-0.05, 0) is 88.4 Å². The number of nitriles is 1. The molecule has 268 valence electrons. The van der Waals surface area contributed by atoms with Gasteiger partial charge in [-0.1, -0.05) is 29.3 Å². The van der Waals surface area contributed by atoms with E-state index in [1.54, 1.807) is 39.1 Å². The molecule has 16 heteroatoms. The van der Waals surface area contributed by atoms with E-state index in [0.29, 0.717) is 18.4 Å². The van der Waals surface area contributed by atoms with E-state index in [2.05, 4.69) is 21.4 Å². The fourth-order valence-electron chi connectivity index (χ4n) is 6.56. The van der Waals surface area contributed by atoms with Gasteiger partial charge in [-0.3, -0.25) is 24.5 Å². The number of ether oxygens (including phenoxy) is 1. The molecule has 0 radical (unpaired) electrons. The molecule has 2 aliphatic heterocycles. The molecule has 3 aliphatic rings. The van der Waals surface area contributed by atoms with Gasteiger partial charge in [-0.2, -0.15) is 5.26 Å². The molecule has 3 unspecified atom stereocenters. The number of aryl methyl sites for hydroxylation is 1. The predicted octanol–water partition coefficient (Wildman–Crippen LogP) is 5.35. The Morgan fingerprint density at radius 3 is 2.35 bits per heavy atom. The molecular formula is C35H35Cl2FN6O6S. The smallest absolute Gasteiger partial charge is 0.411 e. The summed E-state index contributed by atoms with van der Waals surface area (Å²) in [6.45, 7) is 6.19. The zero-order chi connectivity index (χ0) is 37.1. The molecule has 12 nitrogen and oxygen atoms in total. The summed E-state index contributed by atoms with van der Waals surface area (Å²) in [5.41, 5.74) is -2.46. The van der Waals surface area contributed by atoms with E-state index in [0.717, 1.165) is 33.3 Å². The van der Waals surface area contributed by atoms with Crippen LogP contribution in [0, 0.1) is 24.1 Å². The number of nitrogens with one attached hydrogen (secondary N) is 1. The van der Waals surface area contributed by atoms with Crippen LogP contribution in [0.5, 0.6) is 0 Å². The normalized spacial score (nSPS) is 22.5. The van der Waals surface area contributed by atoms with Gasteiger partial charge < -0.3 is 15.0 Å². The Bertz CT molecular complexity index is 2100. The molecule has 3 atom stereocenters. The third kappa shape index (κ3) is 6.74. The number of hydrogen-bond acceptors (Lipinski definition) is 9. The first kappa shape index (κ1) is 36.5. The summed E-state index contributed by atoms with van der Waals surface area (Å²) in [5.74, 6) is -2.66. The van der Waals surface area contributed by atoms with Gasteiger partial charge in [-0.15, -0.1) is 0 Å². The molecule has 2 saturated heterocycles. The lowest BCUT2D eigenvalue weighted by atomic mass is 9.79. The number of aromatic nitrogens is 2. The molecule has 3 amide bonds. The molecule has 0 spiro atoms. The van der Waals surface area contributed by atoms with Gasteiger partial charge in [0.1, 0.15) is 28.7 Å². The number of hydrogen-bond donors (Lipinski definition) is 1. The Morgan fingerprint density at radius 2 is 1.78 bits per heavy atom. The molecule has 51 heavy (non-hydrogen) atoms. The molecule has 2 aromatic heterocycles. The second-order valence-electron chi connectivity index (χ2n) is 14.1. The monoisotopic (exact) mass is 756 g/mol. The first-order chi connectivity index (χ1) is 23.9. The van der Waals surface area contributed by atoms with Gasteiger partial charge in [0.25, 0.3) is 5.91 Å². The highest BCUT2D eigenvalue weighted by Crippen LogP contribution is 2.46. The number of benzene rings is 1. The average Bonchev–Trinajstić information content (AvgIpc) is 3.64. The van der Waals surface area contributed by atoms with Crippen molar-refractivity contribution in [2.24, 2.45) is 0 Å². The molecule has 3 fully saturated rings. The van der Waals surface area contributed by atoms with Crippen LogP contribution < -0.4 is 5.32 Å². The van der Waals surface area contributed by atoms with Crippen LogP contribution in [0.2, 0.25) is 10.0 Å². The number of amides is 3. The molecule has 1 aliphatic carbocycles. The van der Waals surface area contributed by atoms with Crippen LogP contribution in [0.4, 0.5) is 9.18 Å². The van der Waals surface area contributed by atoms with Gasteiger partial charge in [0.05, 0.1) is 26.3 Å². The van der Waals surface area contributed by atoms with Gasteiger partial charge in [0.15, 0.2) is 15.4 Å². The number of pyridine rings is 2. The Balaban J connectivity index is 1.40. The predicted molar refractivity (Wildman–Crippen MR) is 185 cm³/mol. The Hall–Kier alpha value is -4.32. The van der Waals surface area contributed by atoms with E-state index < -0.39 is 73.8 Å². The summed E-state index contributed by atoms with van der Waals surface area (Å²) in [6, 6.07) is 9.70. The Labute approximate surface area is 304 Å². The van der Waals surface area contributed by atoms with Crippen LogP contribution in [0.15, 0.2) is 53.7 Å². The zero-order valence-corrected chi connectivity index (χ0v) is 30.6. The van der Waals surface area contributed by atoms with Crippen molar-refractivity contribution < 1.29 is 31.9 Å². The largest absolute Gasteiger partial charge is 0.444 e. The number of halogens is 3. The highest BCUT2D eigenvalue weighted by molar-refractivity contribution is 7.92. The summed E-state index contributed by atoms with van der Waals surface area (Å²) < 4.78 is 49.8. The van der Waals surface area contributed by atoms with Crippen LogP contribution in [0.25, 0.3) is 11.1 Å². The first-order valence-electron chi connectivity index (χ1n) is 16.2. The molecule has 6 rings (SSSR count). The average molecular weight is 758 g/mol. The number of carbonyl (C=O) groups is 3. The zero-order valence-electron chi connectivity index (χ0n) is 28.2. The van der Waals surface area contributed by atoms with E-state index >= 15 is 4.39 Å². The summed E-state index contributed by atoms with van der Waals surface area (Å²) in [4.78, 5) is 52.5. The van der Waals surface area contributed by atoms with Gasteiger partial charge in [-0.25, -0.2) is 17.6 Å². The third-order valence-corrected chi connectivity index (χ3v) is 12.2. The van der Waals surface area contributed by atoms with Gasteiger partial charge >= 0.3 is 6.09 Å². The SMILES string of the molecule is Cc1cc(-c2ccc(S(=O)(=O)C3CC(C(=O)NC4(C#N)CC4)N(C(=O)C4(c5ncc(Cl)cc5F)CCN4C(=O)OC(C)(C)C)C3)c(Cl)c2)ccn1. The summed E-state index contributed by atoms with van der Waals surface area (Å²) in [7, 11) is -4.31. The van der Waals surface area contributed by atoms with Crippen molar-refractivity contribution >= 4 is 50.9 Å². The van der Waals surface area contributed by atoms with Crippen LogP contribution >= 0.6 is 23.2 Å². The van der Waals surface area contributed by atoms with Gasteiger partial charge in [0.2, 0.25) is 5.91 Å². The quantitative estimate of drug-likeness (QED) is 0.335. The van der Waals surface area contributed by atoms with Crippen LogP contribution in [0.1, 0.15) is 57.8 Å². The molecule has 1 saturated carbocycles. The number of nitrogens with zero attached hydrogens (tertiary/aromatic N) is 5. The lowest BCUT2D eigenvalue weighted by molar-refractivity contribution is -0.158. The number of sulfone groups is 1. The van der Waals surface area contributed by atoms with Crippen molar-refractivity contribution in [1.82, 2.24) is 25.1 Å². The topological polar surface area (TPSA) is 163 Å². The highest BCUT2D eigenvalue weighted by atomic mass is 35.5. The summed E-state index contributed by atoms with van der Waals surface area (Å²) in [5, 5.41) is 10.9. The molecule has 3 aromatic rings. The minimum Gasteiger partial charge on any atom is -0.444 e. The highest BCUT2D eigenvalue weighted by Gasteiger charge is 2.62. The number of carbonyl (C=O) groups excluding carboxylic acids is 3. The number of likely N-dealkylation sites (tertiary alicyclic amines) is 2. The van der Waals surface area contributed by atoms with E-state index in [-0.39, 0.29) is 34.3 Å². The summed E-state index contributed by atoms with van der Waals surface area (Å²) >= 11 is 12.6. The standard InChI is InChI=1S/C35H35Cl2FN6O6S/c1-20-13-22(7-11-40-20)21-5-6-28(25(37)14-21)51(48,49)24-16-27(30(45)42-34(19-39)8-9-34)43(18-24)31(46)35(29-26(38)15-23(36)17-41-29)10-12-44(35)32(47)50-33(2,3)4/h5-7,11,13-15,17,24,27H,8-10,12,16,18H2,1-4H3,(H,42,45). The van der Waals surface area contributed by atoms with Crippen LogP contribution in [-0.2, 0) is 29.7 Å². The second-order valence-corrected chi connectivity index (χ2v) is 17.2. The van der Waals surface area contributed by atoms with Crippen molar-refractivity contribution in [3.05, 3.63) is 76.0 Å². The summed E-state index contributed by atoms with van der Waals surface area (Å²) in [6.07, 6.45) is 2.12. The maximum absolute atomic E-state index is 15.7. The minimum atomic E-state index is -4.31. The molecular weight excluding hydrogens is 722 g/mol. The second kappa shape index (κ2) is 13.0. The molecule has 1 aromatic carbocycles. The number of rotatable bonds is 7. The molecule has 4 heterocycles. The van der Waals surface area contributed by atoms with Crippen molar-refractivity contribution in [3.63, 3.8) is 0 Å². The Kier molecular flexibility index (Phi) is 9.31. The maximum atomic E-state index is 15.7. The van der Waals surface area contributed by atoms with E-state index in [1.165, 1.54) is 12.1 Å². The third-order valence-electron chi connectivity index (χ3n) is 9.39. The van der Waals surface area contributed by atoms with E-state index in [1.807, 2.05) is 13.0 Å². The van der Waals surface area contributed by atoms with E-state index in [9.17, 15) is 28.1 Å². The lowest BCUT2D eigenvalue weighted by Gasteiger charge is -2.52. The van der Waals surface area contributed by atoms with Crippen molar-refractivity contribution in [3.8, 4) is 17.2 Å². The lowest BCUT2D eigenvalue weighted by Crippen LogP contribution is -2.69. The Morgan fingerprint density at radius 1 is 1.08 bits per heavy atom. The minimum absolute atomic E-state index is 0.0205. The van der Waals surface area contributed by atoms with E-state index in [4.69, 9.17) is 27.9 Å². The van der Waals surface area contributed by atoms with Crippen molar-refractivity contribution in [1.29, 1.82) is 5.26 Å². The van der Waals surface area contributed by atoms with Crippen molar-refractivity contribution in [2.75, 3.05) is 13.1 Å². The fourth-order valence-corrected chi connectivity index (χ4v) is 8.95. The van der Waals surface area contributed by atoms with Crippen LogP contribution in [0.3, 0.4) is 0 Å². The molecule has 0 bridgehead atoms. The first-order valence-corrected chi connectivity index (χ1v) is 18.5. The van der Waals surface area contributed by atoms with Gasteiger partial charge in [0, 0.05) is 37.6 Å². The van der Waals surface area contributed by atoms with Crippen molar-refractivity contribution in [2.45, 2.75) is 86.2 Å². The van der Waals surface area contributed by atoms with Crippen LogP contribution in [-0.4, -0.2) is 81.6 Å². The fraction of sp³-hybridized carbons (Fsp3) is 0.429. The maximum Gasteiger partial charge on any atom is 0.411 e.